The Morgan fingerprint density at radius 3 is 1.84 bits per heavy atom. The molecule has 0 aromatic heterocycles. The first-order valence-electron chi connectivity index (χ1n) is 19.4. The molecule has 2 aromatic carbocycles. The molecular weight excluding hydrogens is 768 g/mol. The molecule has 12 N–H and O–H groups in total. The molecule has 0 spiro atoms. The molecule has 7 unspecified atom stereocenters. The molecule has 322 valence electrons. The third kappa shape index (κ3) is 8.32. The van der Waals surface area contributed by atoms with Crippen LogP contribution in [-0.2, 0) is 35.0 Å². The number of rotatable bonds is 13. The highest BCUT2D eigenvalue weighted by Gasteiger charge is 2.53. The van der Waals surface area contributed by atoms with Gasteiger partial charge >= 0.3 is 0 Å². The lowest BCUT2D eigenvalue weighted by molar-refractivity contribution is -0.379. The van der Waals surface area contributed by atoms with Crippen molar-refractivity contribution in [2.45, 2.75) is 112 Å². The van der Waals surface area contributed by atoms with Crippen LogP contribution in [0.25, 0.3) is 11.4 Å². The summed E-state index contributed by atoms with van der Waals surface area (Å²) in [5.74, 6) is 0. The minimum absolute atomic E-state index is 0.0748. The van der Waals surface area contributed by atoms with Gasteiger partial charge in [0.2, 0.25) is 0 Å². The maximum atomic E-state index is 11.2. The van der Waals surface area contributed by atoms with Crippen molar-refractivity contribution in [3.8, 4) is 0 Å². The van der Waals surface area contributed by atoms with E-state index in [0.717, 1.165) is 46.9 Å². The van der Waals surface area contributed by atoms with E-state index in [1.165, 1.54) is 0 Å². The highest BCUT2D eigenvalue weighted by Crippen LogP contribution is 2.39. The molecule has 7 rings (SSSR count). The quantitative estimate of drug-likeness (QED) is 0.0859. The van der Waals surface area contributed by atoms with Crippen molar-refractivity contribution in [2.75, 3.05) is 44.4 Å². The monoisotopic (exact) mass is 822 g/mol. The van der Waals surface area contributed by atoms with Gasteiger partial charge in [-0.05, 0) is 25.0 Å². The van der Waals surface area contributed by atoms with Crippen molar-refractivity contribution in [3.63, 3.8) is 0 Å². The summed E-state index contributed by atoms with van der Waals surface area (Å²) in [6, 6.07) is 16.4. The Labute approximate surface area is 333 Å². The zero-order chi connectivity index (χ0) is 41.2. The van der Waals surface area contributed by atoms with Crippen LogP contribution < -0.4 is 15.9 Å². The number of para-hydroxylation sites is 1. The molecule has 3 fully saturated rings. The third-order valence-corrected chi connectivity index (χ3v) is 11.2. The molecule has 0 saturated carbocycles. The second kappa shape index (κ2) is 18.7. The summed E-state index contributed by atoms with van der Waals surface area (Å²) >= 11 is 0. The number of ether oxygens (including phenoxy) is 6. The summed E-state index contributed by atoms with van der Waals surface area (Å²) < 4.78 is 34.0. The van der Waals surface area contributed by atoms with E-state index < -0.39 is 112 Å². The molecule has 5 aliphatic rings. The number of nitrogens with one attached hydrogen (secondary N) is 2. The summed E-state index contributed by atoms with van der Waals surface area (Å²) in [4.78, 5) is 2.33. The molecule has 20 heteroatoms. The summed E-state index contributed by atoms with van der Waals surface area (Å²) in [5.41, 5.74) is 12.9. The Morgan fingerprint density at radius 1 is 0.655 bits per heavy atom. The smallest absolute Gasteiger partial charge is 0.187 e. The van der Waals surface area contributed by atoms with Gasteiger partial charge in [-0.25, -0.2) is 0 Å². The Balaban J connectivity index is 0.963. The van der Waals surface area contributed by atoms with Crippen LogP contribution >= 0.6 is 0 Å². The van der Waals surface area contributed by atoms with Gasteiger partial charge in [-0.2, -0.15) is 0 Å². The van der Waals surface area contributed by atoms with Crippen LogP contribution in [0, 0.1) is 0 Å². The van der Waals surface area contributed by atoms with E-state index in [1.807, 2.05) is 29.3 Å². The van der Waals surface area contributed by atoms with Gasteiger partial charge in [-0.1, -0.05) is 42.5 Å². The summed E-state index contributed by atoms with van der Waals surface area (Å²) in [7, 11) is 0. The van der Waals surface area contributed by atoms with Crippen molar-refractivity contribution >= 4 is 17.1 Å². The van der Waals surface area contributed by atoms with Crippen LogP contribution in [0.2, 0.25) is 0 Å². The fraction of sp³-hybridized carbons (Fsp3) is 0.632. The molecule has 2 aromatic rings. The maximum Gasteiger partial charge on any atom is 0.187 e. The number of benzene rings is 2. The Kier molecular flexibility index (Phi) is 13.8. The number of hydrazine groups is 2. The first-order chi connectivity index (χ1) is 28.0. The van der Waals surface area contributed by atoms with Gasteiger partial charge in [0.25, 0.3) is 0 Å². The molecule has 15 atom stereocenters. The molecule has 20 nitrogen and oxygen atoms in total. The number of hydrogen-bond acceptors (Lipinski definition) is 20. The standard InChI is InChI=1S/C38H54N4O16/c1-2-41-14-18-8-3-4-9-19(18)26-25(20-10-5-6-11-21(20)41)39-40-42(26)12-7-13-53-36-32(51)29(48)34(23(16-44)55-36)58-38-33(52)30(49)35(24(17-45)56-38)57-37-31(50)28(47)27(46)22(15-43)54-37/h3-6,8-11,22-24,27-40,43-52H,2,7,12-17H2,1H3/t22?,23?,24?,27-,28+,29-,30-,31?,32?,33?,34-,35-,36?,37+,38+/m1/s1. The van der Waals surface area contributed by atoms with Gasteiger partial charge in [0, 0.05) is 36.4 Å². The average Bonchev–Trinajstić information content (AvgIpc) is 3.65. The molecule has 5 heterocycles. The summed E-state index contributed by atoms with van der Waals surface area (Å²) in [5, 5.41) is 107. The van der Waals surface area contributed by atoms with E-state index in [-0.39, 0.29) is 6.61 Å². The number of nitrogens with zero attached hydrogens (tertiary/aromatic N) is 2. The predicted molar refractivity (Wildman–Crippen MR) is 199 cm³/mol. The van der Waals surface area contributed by atoms with E-state index in [0.29, 0.717) is 13.0 Å². The van der Waals surface area contributed by atoms with Crippen LogP contribution in [0.4, 0.5) is 5.69 Å². The normalized spacial score (nSPS) is 37.7. The predicted octanol–water partition coefficient (Wildman–Crippen LogP) is -3.97. The molecule has 5 aliphatic heterocycles. The van der Waals surface area contributed by atoms with Gasteiger partial charge in [0.15, 0.2) is 18.9 Å². The lowest BCUT2D eigenvalue weighted by Gasteiger charge is -2.48. The van der Waals surface area contributed by atoms with Gasteiger partial charge < -0.3 is 89.8 Å². The SMILES string of the molecule is CCN1Cc2ccccc2C2=C(NNN2CCCOC2OC(CO)[C@@H](O[C@@H]3OC(CO)[C@@H](O[C@@H]4OC(CO)[C@@H](O)[C@H](O)C4O)[C@H](O)C3O)[C@H](O)C2O)c2ccccc21. The number of aliphatic hydroxyl groups excluding tert-OH is 10. The molecule has 0 bridgehead atoms. The Hall–Kier alpha value is -3.10. The minimum Gasteiger partial charge on any atom is -0.394 e. The van der Waals surface area contributed by atoms with E-state index in [9.17, 15) is 51.1 Å². The van der Waals surface area contributed by atoms with E-state index in [1.54, 1.807) is 0 Å². The van der Waals surface area contributed by atoms with Gasteiger partial charge in [-0.3, -0.25) is 5.01 Å². The van der Waals surface area contributed by atoms with E-state index in [2.05, 4.69) is 47.0 Å². The van der Waals surface area contributed by atoms with Gasteiger partial charge in [0.1, 0.15) is 73.2 Å². The number of fused-ring (bicyclic) bond motifs is 4. The molecule has 3 saturated heterocycles. The van der Waals surface area contributed by atoms with Crippen molar-refractivity contribution in [3.05, 3.63) is 65.2 Å². The largest absolute Gasteiger partial charge is 0.394 e. The highest BCUT2D eigenvalue weighted by molar-refractivity contribution is 5.95. The van der Waals surface area contributed by atoms with Crippen LogP contribution in [0.3, 0.4) is 0 Å². The Morgan fingerprint density at radius 2 is 1.21 bits per heavy atom. The molecule has 0 aliphatic carbocycles. The molecule has 0 radical (unpaired) electrons. The van der Waals surface area contributed by atoms with Crippen molar-refractivity contribution in [2.24, 2.45) is 0 Å². The lowest BCUT2D eigenvalue weighted by atomic mass is 9.96. The molecule has 58 heavy (non-hydrogen) atoms. The van der Waals surface area contributed by atoms with Crippen LogP contribution in [0.5, 0.6) is 0 Å². The van der Waals surface area contributed by atoms with E-state index >= 15 is 0 Å². The second-order valence-corrected chi connectivity index (χ2v) is 14.8. The number of anilines is 1. The van der Waals surface area contributed by atoms with Gasteiger partial charge in [-0.15, -0.1) is 5.53 Å². The van der Waals surface area contributed by atoms with Crippen molar-refractivity contribution < 1.29 is 79.5 Å². The van der Waals surface area contributed by atoms with Crippen molar-refractivity contribution in [1.29, 1.82) is 0 Å². The van der Waals surface area contributed by atoms with Crippen LogP contribution in [-0.4, -0.2) is 188 Å². The summed E-state index contributed by atoms with van der Waals surface area (Å²) in [6.45, 7) is 1.93. The first-order valence-corrected chi connectivity index (χ1v) is 19.4. The maximum absolute atomic E-state index is 11.2. The zero-order valence-electron chi connectivity index (χ0n) is 31.8. The number of hydrogen-bond donors (Lipinski definition) is 12. The Bertz CT molecular complexity index is 1700. The molecular formula is C38H54N4O16. The average molecular weight is 823 g/mol. The van der Waals surface area contributed by atoms with E-state index in [4.69, 9.17) is 28.4 Å². The van der Waals surface area contributed by atoms with Gasteiger partial charge in [0.05, 0.1) is 37.8 Å². The van der Waals surface area contributed by atoms with Crippen LogP contribution in [0.15, 0.2) is 48.5 Å². The highest BCUT2D eigenvalue weighted by atomic mass is 16.8. The fourth-order valence-corrected chi connectivity index (χ4v) is 8.04. The second-order valence-electron chi connectivity index (χ2n) is 14.8. The molecule has 0 amide bonds. The first kappa shape index (κ1) is 43.0. The topological polar surface area (TPSA) is 288 Å². The minimum atomic E-state index is -1.93. The summed E-state index contributed by atoms with van der Waals surface area (Å²) in [6.07, 6.45) is -24.2. The number of aliphatic hydroxyl groups is 10. The van der Waals surface area contributed by atoms with Crippen molar-refractivity contribution in [1.82, 2.24) is 16.0 Å². The lowest BCUT2D eigenvalue weighted by Crippen LogP contribution is -2.66. The fourth-order valence-electron chi connectivity index (χ4n) is 8.04. The zero-order valence-corrected chi connectivity index (χ0v) is 31.8. The van der Waals surface area contributed by atoms with Crippen LogP contribution in [0.1, 0.15) is 30.0 Å². The third-order valence-electron chi connectivity index (χ3n) is 11.2.